The van der Waals surface area contributed by atoms with Gasteiger partial charge in [0.15, 0.2) is 11.6 Å². The Morgan fingerprint density at radius 3 is 2.52 bits per heavy atom. The fraction of sp³-hybridized carbons (Fsp3) is 0.133. The molecule has 2 aromatic carbocycles. The minimum atomic E-state index is -1.13. The number of nitrogen functional groups attached to an aromatic ring is 1. The van der Waals surface area contributed by atoms with Gasteiger partial charge in [-0.2, -0.15) is 0 Å². The van der Waals surface area contributed by atoms with Crippen molar-refractivity contribution in [3.8, 4) is 0 Å². The number of carbonyl (C=O) groups is 1. The molecule has 0 bridgehead atoms. The van der Waals surface area contributed by atoms with E-state index in [9.17, 15) is 13.6 Å². The summed E-state index contributed by atoms with van der Waals surface area (Å²) < 4.78 is 26.1. The number of nitrogens with one attached hydrogen (secondary N) is 1. The van der Waals surface area contributed by atoms with Crippen molar-refractivity contribution < 1.29 is 18.7 Å². The van der Waals surface area contributed by atoms with Gasteiger partial charge >= 0.3 is 0 Å². The van der Waals surface area contributed by atoms with Gasteiger partial charge in [-0.15, -0.1) is 0 Å². The highest BCUT2D eigenvalue weighted by atomic mass is 19.2. The van der Waals surface area contributed by atoms with Crippen LogP contribution in [-0.4, -0.2) is 11.0 Å². The van der Waals surface area contributed by atoms with E-state index in [1.54, 1.807) is 24.3 Å². The van der Waals surface area contributed by atoms with Crippen molar-refractivity contribution >= 4 is 11.6 Å². The predicted octanol–water partition coefficient (Wildman–Crippen LogP) is 1.97. The molecule has 0 aliphatic heterocycles. The second-order valence-corrected chi connectivity index (χ2v) is 4.51. The van der Waals surface area contributed by atoms with E-state index in [0.717, 1.165) is 17.7 Å². The van der Waals surface area contributed by atoms with Crippen molar-refractivity contribution in [2.24, 2.45) is 0 Å². The van der Waals surface area contributed by atoms with Crippen LogP contribution in [0.3, 0.4) is 0 Å². The standard InChI is InChI=1S/C15H14F2N2O2/c16-12-5-11(14(18)6-13(12)17)15(21)19-7-9-2-1-3-10(4-9)8-20/h1-6,20H,7-8,18H2,(H,19,21). The number of anilines is 1. The summed E-state index contributed by atoms with van der Waals surface area (Å²) in [6.45, 7) is 0.0863. The molecule has 2 aromatic rings. The highest BCUT2D eigenvalue weighted by molar-refractivity contribution is 5.99. The summed E-state index contributed by atoms with van der Waals surface area (Å²) in [6.07, 6.45) is 0. The minimum absolute atomic E-state index is 0.0993. The largest absolute Gasteiger partial charge is 0.398 e. The van der Waals surface area contributed by atoms with Crippen molar-refractivity contribution in [3.05, 3.63) is 64.7 Å². The van der Waals surface area contributed by atoms with Crippen LogP contribution in [0, 0.1) is 11.6 Å². The molecular formula is C15H14F2N2O2. The smallest absolute Gasteiger partial charge is 0.253 e. The number of hydrogen-bond donors (Lipinski definition) is 3. The Kier molecular flexibility index (Phi) is 4.49. The van der Waals surface area contributed by atoms with Gasteiger partial charge < -0.3 is 16.2 Å². The zero-order valence-corrected chi connectivity index (χ0v) is 11.1. The number of aliphatic hydroxyl groups excluding tert-OH is 1. The van der Waals surface area contributed by atoms with Gasteiger partial charge in [0.1, 0.15) is 0 Å². The summed E-state index contributed by atoms with van der Waals surface area (Å²) in [6, 6.07) is 8.54. The third-order valence-corrected chi connectivity index (χ3v) is 2.96. The number of benzene rings is 2. The number of halogens is 2. The van der Waals surface area contributed by atoms with E-state index in [4.69, 9.17) is 10.8 Å². The molecule has 4 nitrogen and oxygen atoms in total. The molecule has 110 valence electrons. The number of aliphatic hydroxyl groups is 1. The predicted molar refractivity (Wildman–Crippen MR) is 74.3 cm³/mol. The van der Waals surface area contributed by atoms with Crippen molar-refractivity contribution in [3.63, 3.8) is 0 Å². The first-order valence-electron chi connectivity index (χ1n) is 6.22. The highest BCUT2D eigenvalue weighted by Gasteiger charge is 2.14. The van der Waals surface area contributed by atoms with Crippen LogP contribution in [0.1, 0.15) is 21.5 Å². The lowest BCUT2D eigenvalue weighted by Crippen LogP contribution is -2.24. The Labute approximate surface area is 120 Å². The molecule has 0 fully saturated rings. The van der Waals surface area contributed by atoms with Crippen LogP contribution >= 0.6 is 0 Å². The lowest BCUT2D eigenvalue weighted by atomic mass is 10.1. The molecule has 0 heterocycles. The molecular weight excluding hydrogens is 278 g/mol. The molecule has 6 heteroatoms. The van der Waals surface area contributed by atoms with Crippen molar-refractivity contribution in [2.75, 3.05) is 5.73 Å². The molecule has 0 unspecified atom stereocenters. The van der Waals surface area contributed by atoms with Gasteiger partial charge in [0.2, 0.25) is 0 Å². The molecule has 1 amide bonds. The van der Waals surface area contributed by atoms with Crippen LogP contribution in [0.15, 0.2) is 36.4 Å². The van der Waals surface area contributed by atoms with Gasteiger partial charge in [0.05, 0.1) is 12.2 Å². The number of nitrogens with two attached hydrogens (primary N) is 1. The minimum Gasteiger partial charge on any atom is -0.398 e. The average Bonchev–Trinajstić information content (AvgIpc) is 2.48. The lowest BCUT2D eigenvalue weighted by molar-refractivity contribution is 0.0951. The molecule has 0 radical (unpaired) electrons. The van der Waals surface area contributed by atoms with E-state index in [0.29, 0.717) is 5.56 Å². The molecule has 0 spiro atoms. The van der Waals surface area contributed by atoms with Gasteiger partial charge in [-0.1, -0.05) is 24.3 Å². The van der Waals surface area contributed by atoms with E-state index < -0.39 is 17.5 Å². The third kappa shape index (κ3) is 3.55. The molecule has 0 saturated heterocycles. The second kappa shape index (κ2) is 6.32. The normalized spacial score (nSPS) is 10.4. The van der Waals surface area contributed by atoms with Crippen molar-refractivity contribution in [1.29, 1.82) is 0 Å². The van der Waals surface area contributed by atoms with Crippen LogP contribution in [0.5, 0.6) is 0 Å². The Morgan fingerprint density at radius 1 is 1.14 bits per heavy atom. The maximum Gasteiger partial charge on any atom is 0.253 e. The van der Waals surface area contributed by atoms with Crippen LogP contribution in [-0.2, 0) is 13.2 Å². The zero-order valence-electron chi connectivity index (χ0n) is 11.1. The lowest BCUT2D eigenvalue weighted by Gasteiger charge is -2.09. The maximum atomic E-state index is 13.1. The summed E-state index contributed by atoms with van der Waals surface area (Å²) >= 11 is 0. The molecule has 0 saturated carbocycles. The van der Waals surface area contributed by atoms with Crippen molar-refractivity contribution in [1.82, 2.24) is 5.32 Å². The highest BCUT2D eigenvalue weighted by Crippen LogP contribution is 2.17. The first kappa shape index (κ1) is 14.9. The second-order valence-electron chi connectivity index (χ2n) is 4.51. The summed E-state index contributed by atoms with van der Waals surface area (Å²) in [7, 11) is 0. The number of hydrogen-bond acceptors (Lipinski definition) is 3. The van der Waals surface area contributed by atoms with Crippen LogP contribution < -0.4 is 11.1 Å². The first-order chi connectivity index (χ1) is 10.0. The zero-order chi connectivity index (χ0) is 15.4. The Bertz CT molecular complexity index is 675. The molecule has 4 N–H and O–H groups in total. The number of carbonyl (C=O) groups excluding carboxylic acids is 1. The van der Waals surface area contributed by atoms with E-state index in [1.165, 1.54) is 0 Å². The molecule has 0 aromatic heterocycles. The van der Waals surface area contributed by atoms with E-state index >= 15 is 0 Å². The summed E-state index contributed by atoms with van der Waals surface area (Å²) in [4.78, 5) is 11.9. The summed E-state index contributed by atoms with van der Waals surface area (Å²) in [5, 5.41) is 11.6. The Balaban J connectivity index is 2.10. The van der Waals surface area contributed by atoms with E-state index in [1.807, 2.05) is 0 Å². The quantitative estimate of drug-likeness (QED) is 0.754. The molecule has 21 heavy (non-hydrogen) atoms. The fourth-order valence-electron chi connectivity index (χ4n) is 1.87. The Hall–Kier alpha value is -2.47. The fourth-order valence-corrected chi connectivity index (χ4v) is 1.87. The van der Waals surface area contributed by atoms with Crippen LogP contribution in [0.2, 0.25) is 0 Å². The first-order valence-corrected chi connectivity index (χ1v) is 6.22. The summed E-state index contributed by atoms with van der Waals surface area (Å²) in [5.41, 5.74) is 6.75. The molecule has 0 aliphatic rings. The topological polar surface area (TPSA) is 75.4 Å². The molecule has 0 aliphatic carbocycles. The van der Waals surface area contributed by atoms with Gasteiger partial charge in [0.25, 0.3) is 5.91 Å². The van der Waals surface area contributed by atoms with Crippen molar-refractivity contribution in [2.45, 2.75) is 13.2 Å². The van der Waals surface area contributed by atoms with Crippen LogP contribution in [0.25, 0.3) is 0 Å². The number of rotatable bonds is 4. The van der Waals surface area contributed by atoms with E-state index in [-0.39, 0.29) is 24.4 Å². The van der Waals surface area contributed by atoms with Gasteiger partial charge in [-0.3, -0.25) is 4.79 Å². The molecule has 2 rings (SSSR count). The van der Waals surface area contributed by atoms with Gasteiger partial charge in [-0.05, 0) is 17.2 Å². The third-order valence-electron chi connectivity index (χ3n) is 2.96. The number of amides is 1. The van der Waals surface area contributed by atoms with Gasteiger partial charge in [0, 0.05) is 18.3 Å². The SMILES string of the molecule is Nc1cc(F)c(F)cc1C(=O)NCc1cccc(CO)c1. The molecule has 0 atom stereocenters. The van der Waals surface area contributed by atoms with Crippen LogP contribution in [0.4, 0.5) is 14.5 Å². The monoisotopic (exact) mass is 292 g/mol. The average molecular weight is 292 g/mol. The maximum absolute atomic E-state index is 13.1. The van der Waals surface area contributed by atoms with Gasteiger partial charge in [-0.25, -0.2) is 8.78 Å². The van der Waals surface area contributed by atoms with E-state index in [2.05, 4.69) is 5.32 Å². The summed E-state index contributed by atoms with van der Waals surface area (Å²) in [5.74, 6) is -2.82. The Morgan fingerprint density at radius 2 is 1.81 bits per heavy atom.